The van der Waals surface area contributed by atoms with E-state index in [9.17, 15) is 4.79 Å². The fraction of sp³-hybridized carbons (Fsp3) is 0.833. The summed E-state index contributed by atoms with van der Waals surface area (Å²) in [6, 6.07) is 0.257. The molecule has 2 N–H and O–H groups in total. The second kappa shape index (κ2) is 5.66. The molecule has 3 heteroatoms. The highest BCUT2D eigenvalue weighted by Crippen LogP contribution is 2.61. The molecule has 0 heterocycles. The molecule has 4 fully saturated rings. The van der Waals surface area contributed by atoms with Crippen LogP contribution >= 0.6 is 0 Å². The third kappa shape index (κ3) is 2.97. The molecule has 0 saturated heterocycles. The zero-order valence-electron chi connectivity index (χ0n) is 13.7. The monoisotopic (exact) mass is 290 g/mol. The number of carbonyl (C=O) groups is 1. The van der Waals surface area contributed by atoms with Crippen molar-refractivity contribution >= 4 is 6.03 Å². The highest BCUT2D eigenvalue weighted by Gasteiger charge is 2.53. The minimum Gasteiger partial charge on any atom is -0.335 e. The molecule has 0 aromatic carbocycles. The molecule has 4 aliphatic rings. The lowest BCUT2D eigenvalue weighted by Crippen LogP contribution is -2.56. The van der Waals surface area contributed by atoms with Gasteiger partial charge in [0.15, 0.2) is 0 Å². The second-order valence-corrected chi connectivity index (χ2v) is 7.96. The molecule has 21 heavy (non-hydrogen) atoms. The van der Waals surface area contributed by atoms with E-state index in [0.717, 1.165) is 24.2 Å². The van der Waals surface area contributed by atoms with E-state index in [2.05, 4.69) is 24.5 Å². The van der Waals surface area contributed by atoms with Crippen molar-refractivity contribution in [3.63, 3.8) is 0 Å². The van der Waals surface area contributed by atoms with Crippen molar-refractivity contribution < 1.29 is 4.79 Å². The maximum Gasteiger partial charge on any atom is 0.318 e. The molecule has 4 saturated carbocycles. The Kier molecular flexibility index (Phi) is 4.02. The van der Waals surface area contributed by atoms with Crippen LogP contribution in [0.1, 0.15) is 65.7 Å². The van der Waals surface area contributed by atoms with Gasteiger partial charge >= 0.3 is 6.03 Å². The molecule has 3 nitrogen and oxygen atoms in total. The standard InChI is InChI=1S/C18H30N2O/c1-4-12(2)11-19-17(21)20-13(3)18-8-14-5-15(9-18)7-16(6-14)10-18/h11,13-16H,4-10H2,1-3H3,(H2,19,20,21)/b12-11+. The third-order valence-corrected chi connectivity index (χ3v) is 6.36. The van der Waals surface area contributed by atoms with E-state index in [0.29, 0.717) is 11.5 Å². The van der Waals surface area contributed by atoms with Crippen LogP contribution in [0.4, 0.5) is 4.79 Å². The predicted molar refractivity (Wildman–Crippen MR) is 85.8 cm³/mol. The van der Waals surface area contributed by atoms with Gasteiger partial charge in [0.2, 0.25) is 0 Å². The van der Waals surface area contributed by atoms with Crippen molar-refractivity contribution in [2.75, 3.05) is 0 Å². The lowest BCUT2D eigenvalue weighted by molar-refractivity contribution is -0.0681. The molecule has 1 atom stereocenters. The van der Waals surface area contributed by atoms with Crippen molar-refractivity contribution in [1.29, 1.82) is 0 Å². The molecule has 118 valence electrons. The van der Waals surface area contributed by atoms with Crippen LogP contribution in [0.3, 0.4) is 0 Å². The summed E-state index contributed by atoms with van der Waals surface area (Å²) in [6.07, 6.45) is 11.2. The minimum absolute atomic E-state index is 0.0361. The van der Waals surface area contributed by atoms with Gasteiger partial charge in [0.05, 0.1) is 0 Å². The van der Waals surface area contributed by atoms with Gasteiger partial charge < -0.3 is 10.6 Å². The highest BCUT2D eigenvalue weighted by molar-refractivity contribution is 5.75. The predicted octanol–water partition coefficient (Wildman–Crippen LogP) is 4.20. The number of allylic oxidation sites excluding steroid dienone is 1. The van der Waals surface area contributed by atoms with Crippen LogP contribution in [0.15, 0.2) is 11.8 Å². The van der Waals surface area contributed by atoms with E-state index in [1.807, 2.05) is 13.1 Å². The van der Waals surface area contributed by atoms with E-state index in [-0.39, 0.29) is 6.03 Å². The van der Waals surface area contributed by atoms with Gasteiger partial charge in [0.1, 0.15) is 0 Å². The molecule has 0 aromatic heterocycles. The molecule has 0 spiro atoms. The molecule has 0 radical (unpaired) electrons. The average molecular weight is 290 g/mol. The summed E-state index contributed by atoms with van der Waals surface area (Å²) in [4.78, 5) is 12.1. The van der Waals surface area contributed by atoms with Gasteiger partial charge in [-0.2, -0.15) is 0 Å². The first kappa shape index (κ1) is 14.9. The number of urea groups is 1. The molecular weight excluding hydrogens is 260 g/mol. The van der Waals surface area contributed by atoms with Crippen LogP contribution in [0.5, 0.6) is 0 Å². The Hall–Kier alpha value is -0.990. The van der Waals surface area contributed by atoms with Gasteiger partial charge in [-0.15, -0.1) is 0 Å². The lowest BCUT2D eigenvalue weighted by Gasteiger charge is -2.59. The Balaban J connectivity index is 1.60. The highest BCUT2D eigenvalue weighted by atomic mass is 16.2. The summed E-state index contributed by atoms with van der Waals surface area (Å²) in [6.45, 7) is 6.37. The summed E-state index contributed by atoms with van der Waals surface area (Å²) in [5.41, 5.74) is 1.59. The molecular formula is C18H30N2O. The van der Waals surface area contributed by atoms with Gasteiger partial charge in [-0.25, -0.2) is 4.79 Å². The molecule has 0 aliphatic heterocycles. The van der Waals surface area contributed by atoms with Gasteiger partial charge in [0.25, 0.3) is 0 Å². The number of carbonyl (C=O) groups excluding carboxylic acids is 1. The van der Waals surface area contributed by atoms with Crippen molar-refractivity contribution in [2.45, 2.75) is 71.8 Å². The van der Waals surface area contributed by atoms with Crippen molar-refractivity contribution in [3.05, 3.63) is 11.8 Å². The number of hydrogen-bond acceptors (Lipinski definition) is 1. The molecule has 0 aromatic rings. The van der Waals surface area contributed by atoms with Crippen LogP contribution in [-0.2, 0) is 0 Å². The zero-order valence-corrected chi connectivity index (χ0v) is 13.7. The maximum absolute atomic E-state index is 12.1. The van der Waals surface area contributed by atoms with E-state index in [1.54, 1.807) is 0 Å². The number of nitrogens with one attached hydrogen (secondary N) is 2. The summed E-state index contributed by atoms with van der Waals surface area (Å²) in [5.74, 6) is 2.81. The Labute approximate surface area is 128 Å². The SMILES string of the molecule is CC/C(C)=C/NC(=O)NC(C)C12CC3CC(CC(C3)C1)C2. The van der Waals surface area contributed by atoms with Crippen molar-refractivity contribution in [3.8, 4) is 0 Å². The summed E-state index contributed by atoms with van der Waals surface area (Å²) >= 11 is 0. The summed E-state index contributed by atoms with van der Waals surface area (Å²) in [7, 11) is 0. The first-order valence-corrected chi connectivity index (χ1v) is 8.73. The topological polar surface area (TPSA) is 41.1 Å². The number of rotatable bonds is 4. The lowest BCUT2D eigenvalue weighted by atomic mass is 9.48. The van der Waals surface area contributed by atoms with Gasteiger partial charge in [-0.1, -0.05) is 12.5 Å². The van der Waals surface area contributed by atoms with Crippen LogP contribution in [0.2, 0.25) is 0 Å². The first-order chi connectivity index (χ1) is 10.0. The molecule has 4 rings (SSSR count). The van der Waals surface area contributed by atoms with Crippen LogP contribution in [0, 0.1) is 23.2 Å². The van der Waals surface area contributed by atoms with Crippen molar-refractivity contribution in [1.82, 2.24) is 10.6 Å². The Bertz CT molecular complexity index is 405. The van der Waals surface area contributed by atoms with E-state index < -0.39 is 0 Å². The van der Waals surface area contributed by atoms with Crippen LogP contribution in [-0.4, -0.2) is 12.1 Å². The van der Waals surface area contributed by atoms with Crippen LogP contribution in [0.25, 0.3) is 0 Å². The van der Waals surface area contributed by atoms with E-state index >= 15 is 0 Å². The van der Waals surface area contributed by atoms with Crippen LogP contribution < -0.4 is 10.6 Å². The molecule has 4 bridgehead atoms. The zero-order chi connectivity index (χ0) is 15.0. The molecule has 2 amide bonds. The van der Waals surface area contributed by atoms with Crippen molar-refractivity contribution in [2.24, 2.45) is 23.2 Å². The largest absolute Gasteiger partial charge is 0.335 e. The maximum atomic E-state index is 12.1. The minimum atomic E-state index is -0.0361. The van der Waals surface area contributed by atoms with Gasteiger partial charge in [0, 0.05) is 12.2 Å². The number of hydrogen-bond donors (Lipinski definition) is 2. The molecule has 1 unspecified atom stereocenters. The van der Waals surface area contributed by atoms with E-state index in [4.69, 9.17) is 0 Å². The Morgan fingerprint density at radius 2 is 1.71 bits per heavy atom. The van der Waals surface area contributed by atoms with Gasteiger partial charge in [-0.05, 0) is 82.0 Å². The van der Waals surface area contributed by atoms with E-state index in [1.165, 1.54) is 44.1 Å². The summed E-state index contributed by atoms with van der Waals surface area (Å²) in [5, 5.41) is 6.11. The molecule has 4 aliphatic carbocycles. The second-order valence-electron chi connectivity index (χ2n) is 7.96. The average Bonchev–Trinajstić information content (AvgIpc) is 2.43. The first-order valence-electron chi connectivity index (χ1n) is 8.73. The smallest absolute Gasteiger partial charge is 0.318 e. The fourth-order valence-electron chi connectivity index (χ4n) is 5.39. The third-order valence-electron chi connectivity index (χ3n) is 6.36. The number of amides is 2. The normalized spacial score (nSPS) is 39.2. The fourth-order valence-corrected chi connectivity index (χ4v) is 5.39. The quantitative estimate of drug-likeness (QED) is 0.800. The summed E-state index contributed by atoms with van der Waals surface area (Å²) < 4.78 is 0. The Morgan fingerprint density at radius 1 is 1.19 bits per heavy atom. The Morgan fingerprint density at radius 3 is 2.19 bits per heavy atom. The van der Waals surface area contributed by atoms with Gasteiger partial charge in [-0.3, -0.25) is 0 Å².